The molecule has 0 aliphatic carbocycles. The third kappa shape index (κ3) is 9.95. The lowest BCUT2D eigenvalue weighted by Crippen LogP contribution is -2.23. The third-order valence-electron chi connectivity index (χ3n) is 9.28. The number of halogens is 8. The molecule has 3 aliphatic heterocycles. The zero-order valence-electron chi connectivity index (χ0n) is 27.1. The van der Waals surface area contributed by atoms with Crippen LogP contribution in [0.5, 0.6) is 0 Å². The van der Waals surface area contributed by atoms with Gasteiger partial charge in [-0.25, -0.2) is 0 Å². The van der Waals surface area contributed by atoms with Crippen molar-refractivity contribution < 1.29 is 56.0 Å². The summed E-state index contributed by atoms with van der Waals surface area (Å²) < 4.78 is 76.3. The minimum atomic E-state index is -4.46. The number of aliphatic carboxylic acids is 3. The summed E-state index contributed by atoms with van der Waals surface area (Å²) in [4.78, 5) is 33.1. The van der Waals surface area contributed by atoms with Crippen LogP contribution in [0.3, 0.4) is 0 Å². The first-order valence-corrected chi connectivity index (χ1v) is 16.7. The molecule has 52 heavy (non-hydrogen) atoms. The molecule has 3 aliphatic rings. The summed E-state index contributed by atoms with van der Waals surface area (Å²) in [6.07, 6.45) is -8.86. The number of carboxylic acid groups (broad SMARTS) is 3. The first-order valence-electron chi connectivity index (χ1n) is 16.0. The van der Waals surface area contributed by atoms with E-state index in [1.54, 1.807) is 18.2 Å². The predicted molar refractivity (Wildman–Crippen MR) is 180 cm³/mol. The molecule has 17 heteroatoms. The van der Waals surface area contributed by atoms with Gasteiger partial charge in [0.15, 0.2) is 0 Å². The van der Waals surface area contributed by atoms with Crippen LogP contribution in [0.15, 0.2) is 66.7 Å². The lowest BCUT2D eigenvalue weighted by molar-refractivity contribution is -0.143. The topological polar surface area (TPSA) is 148 Å². The van der Waals surface area contributed by atoms with Crippen LogP contribution in [0, 0.1) is 17.8 Å². The number of hydrogen-bond acceptors (Lipinski definition) is 6. The molecule has 6 N–H and O–H groups in total. The van der Waals surface area contributed by atoms with E-state index in [0.717, 1.165) is 23.8 Å². The minimum Gasteiger partial charge on any atom is -0.481 e. The summed E-state index contributed by atoms with van der Waals surface area (Å²) in [5.74, 6) is -5.93. The highest BCUT2D eigenvalue weighted by Crippen LogP contribution is 2.39. The summed E-state index contributed by atoms with van der Waals surface area (Å²) in [6, 6.07) is 15.4. The van der Waals surface area contributed by atoms with Crippen LogP contribution in [0.4, 0.5) is 26.3 Å². The molecule has 3 aromatic rings. The largest absolute Gasteiger partial charge is 0.481 e. The van der Waals surface area contributed by atoms with Gasteiger partial charge >= 0.3 is 30.3 Å². The molecule has 6 rings (SSSR count). The molecule has 0 spiro atoms. The quantitative estimate of drug-likeness (QED) is 0.153. The first-order chi connectivity index (χ1) is 24.4. The van der Waals surface area contributed by atoms with Crippen molar-refractivity contribution >= 4 is 41.1 Å². The van der Waals surface area contributed by atoms with E-state index in [1.807, 2.05) is 6.07 Å². The Morgan fingerprint density at radius 2 is 1.04 bits per heavy atom. The summed E-state index contributed by atoms with van der Waals surface area (Å²) in [7, 11) is 0. The maximum Gasteiger partial charge on any atom is 0.416 e. The highest BCUT2D eigenvalue weighted by molar-refractivity contribution is 6.42. The van der Waals surface area contributed by atoms with Gasteiger partial charge in [0.2, 0.25) is 0 Å². The first kappa shape index (κ1) is 40.9. The fraction of sp³-hybridized carbons (Fsp3) is 0.400. The Labute approximate surface area is 304 Å². The van der Waals surface area contributed by atoms with E-state index in [4.69, 9.17) is 38.5 Å². The number of carboxylic acids is 3. The fourth-order valence-corrected chi connectivity index (χ4v) is 7.10. The summed E-state index contributed by atoms with van der Waals surface area (Å²) in [6.45, 7) is 2.23. The summed E-state index contributed by atoms with van der Waals surface area (Å²) in [5, 5.41) is 36.8. The minimum absolute atomic E-state index is 0.0578. The molecule has 282 valence electrons. The SMILES string of the molecule is O=C(O)C1CNCC1c1cccc(C(F)(F)F)c1.O=C(O)C1CNCC1c1cccc(Cl)c1Cl.O=C(O)C1CNCC1c1ccccc1C(F)(F)F. The molecule has 3 heterocycles. The Balaban J connectivity index is 0.000000175. The van der Waals surface area contributed by atoms with Crippen LogP contribution in [0.2, 0.25) is 10.0 Å². The van der Waals surface area contributed by atoms with Gasteiger partial charge in [-0.15, -0.1) is 0 Å². The van der Waals surface area contributed by atoms with E-state index < -0.39 is 71.0 Å². The van der Waals surface area contributed by atoms with Crippen LogP contribution in [-0.4, -0.2) is 72.5 Å². The zero-order chi connectivity index (χ0) is 38.4. The molecule has 3 aromatic carbocycles. The van der Waals surface area contributed by atoms with E-state index in [1.165, 1.54) is 24.3 Å². The number of nitrogens with one attached hydrogen (secondary N) is 3. The van der Waals surface area contributed by atoms with Crippen molar-refractivity contribution in [3.05, 3.63) is 105 Å². The van der Waals surface area contributed by atoms with Gasteiger partial charge in [-0.2, -0.15) is 26.3 Å². The lowest BCUT2D eigenvalue weighted by Gasteiger charge is -2.20. The standard InChI is InChI=1S/2C12H12F3NO2.C11H11Cl2NO2/c13-12(14,15)8-3-1-2-7(4-8)9-5-16-6-10(9)11(17)18;13-12(14,15)10-4-2-1-3-7(10)8-5-16-6-9(8)11(17)18;12-9-3-1-2-6(10(9)13)7-4-14-5-8(7)11(15)16/h1-4,9-10,16H,5-6H2,(H,17,18);1-4,8-9,16H,5-6H2,(H,17,18);1-3,7-8,14H,4-5H2,(H,15,16). The molecule has 0 radical (unpaired) electrons. The second-order valence-electron chi connectivity index (χ2n) is 12.5. The van der Waals surface area contributed by atoms with Gasteiger partial charge in [-0.1, -0.05) is 71.7 Å². The van der Waals surface area contributed by atoms with E-state index in [9.17, 15) is 40.7 Å². The molecule has 0 bridgehead atoms. The van der Waals surface area contributed by atoms with Crippen molar-refractivity contribution in [3.8, 4) is 0 Å². The van der Waals surface area contributed by atoms with Crippen molar-refractivity contribution in [2.24, 2.45) is 17.8 Å². The molecular weight excluding hydrogens is 743 g/mol. The number of alkyl halides is 6. The molecule has 3 saturated heterocycles. The van der Waals surface area contributed by atoms with Gasteiger partial charge in [0.1, 0.15) is 0 Å². The number of benzene rings is 3. The number of rotatable bonds is 6. The van der Waals surface area contributed by atoms with Gasteiger partial charge in [0.05, 0.1) is 38.9 Å². The number of hydrogen-bond donors (Lipinski definition) is 6. The Kier molecular flexibility index (Phi) is 13.6. The Bertz CT molecular complexity index is 1740. The van der Waals surface area contributed by atoms with E-state index in [-0.39, 0.29) is 31.1 Å². The third-order valence-corrected chi connectivity index (χ3v) is 10.1. The fourth-order valence-electron chi connectivity index (χ4n) is 6.65. The van der Waals surface area contributed by atoms with Crippen LogP contribution >= 0.6 is 23.2 Å². The Hall–Kier alpha value is -3.89. The van der Waals surface area contributed by atoms with E-state index >= 15 is 0 Å². The number of carbonyl (C=O) groups is 3. The summed E-state index contributed by atoms with van der Waals surface area (Å²) in [5.41, 5.74) is -0.197. The smallest absolute Gasteiger partial charge is 0.416 e. The average Bonchev–Trinajstić information content (AvgIpc) is 3.87. The molecule has 3 fully saturated rings. The molecular formula is C35H35Cl2F6N3O6. The van der Waals surface area contributed by atoms with E-state index in [0.29, 0.717) is 35.2 Å². The van der Waals surface area contributed by atoms with Crippen molar-refractivity contribution in [3.63, 3.8) is 0 Å². The van der Waals surface area contributed by atoms with Gasteiger partial charge in [-0.05, 0) is 34.9 Å². The van der Waals surface area contributed by atoms with Crippen molar-refractivity contribution in [1.29, 1.82) is 0 Å². The van der Waals surface area contributed by atoms with Crippen molar-refractivity contribution in [2.45, 2.75) is 30.1 Å². The highest BCUT2D eigenvalue weighted by Gasteiger charge is 2.41. The van der Waals surface area contributed by atoms with Gasteiger partial charge in [0.25, 0.3) is 0 Å². The van der Waals surface area contributed by atoms with Gasteiger partial charge < -0.3 is 31.3 Å². The summed E-state index contributed by atoms with van der Waals surface area (Å²) >= 11 is 12.0. The maximum absolute atomic E-state index is 12.9. The van der Waals surface area contributed by atoms with Crippen molar-refractivity contribution in [2.75, 3.05) is 39.3 Å². The molecule has 0 aromatic heterocycles. The van der Waals surface area contributed by atoms with Crippen LogP contribution < -0.4 is 16.0 Å². The lowest BCUT2D eigenvalue weighted by atomic mass is 9.86. The predicted octanol–water partition coefficient (Wildman–Crippen LogP) is 6.57. The van der Waals surface area contributed by atoms with Crippen LogP contribution in [0.25, 0.3) is 0 Å². The monoisotopic (exact) mass is 777 g/mol. The Morgan fingerprint density at radius 3 is 1.56 bits per heavy atom. The van der Waals surface area contributed by atoms with Gasteiger partial charge in [-0.3, -0.25) is 14.4 Å². The highest BCUT2D eigenvalue weighted by atomic mass is 35.5. The second kappa shape index (κ2) is 17.3. The van der Waals surface area contributed by atoms with E-state index in [2.05, 4.69) is 16.0 Å². The molecule has 6 unspecified atom stereocenters. The molecule has 9 nitrogen and oxygen atoms in total. The van der Waals surface area contributed by atoms with Gasteiger partial charge in [0, 0.05) is 57.0 Å². The maximum atomic E-state index is 12.9. The normalized spacial score (nSPS) is 24.3. The Morgan fingerprint density at radius 1 is 0.577 bits per heavy atom. The van der Waals surface area contributed by atoms with Crippen LogP contribution in [-0.2, 0) is 26.7 Å². The van der Waals surface area contributed by atoms with Crippen LogP contribution in [0.1, 0.15) is 45.6 Å². The average molecular weight is 779 g/mol. The van der Waals surface area contributed by atoms with Crippen molar-refractivity contribution in [1.82, 2.24) is 16.0 Å². The molecule has 6 atom stereocenters. The molecule has 0 amide bonds. The molecule has 0 saturated carbocycles. The zero-order valence-corrected chi connectivity index (χ0v) is 28.7. The second-order valence-corrected chi connectivity index (χ2v) is 13.3.